The molecular formula is C23H30N2O4. The van der Waals surface area contributed by atoms with E-state index in [1.165, 1.54) is 0 Å². The van der Waals surface area contributed by atoms with E-state index in [1.54, 1.807) is 26.0 Å². The molecule has 0 bridgehead atoms. The second-order valence-electron chi connectivity index (χ2n) is 6.85. The lowest BCUT2D eigenvalue weighted by atomic mass is 10.1. The number of carbonyl (C=O) groups is 2. The van der Waals surface area contributed by atoms with E-state index >= 15 is 0 Å². The van der Waals surface area contributed by atoms with Crippen molar-refractivity contribution in [2.24, 2.45) is 0 Å². The predicted molar refractivity (Wildman–Crippen MR) is 113 cm³/mol. The molecular weight excluding hydrogens is 368 g/mol. The Bertz CT molecular complexity index is 762. The van der Waals surface area contributed by atoms with Crippen molar-refractivity contribution < 1.29 is 19.1 Å². The van der Waals surface area contributed by atoms with Gasteiger partial charge in [-0.05, 0) is 36.6 Å². The van der Waals surface area contributed by atoms with Crippen molar-refractivity contribution in [2.75, 3.05) is 27.4 Å². The molecule has 0 saturated carbocycles. The fourth-order valence-electron chi connectivity index (χ4n) is 2.96. The Hall–Kier alpha value is -2.86. The summed E-state index contributed by atoms with van der Waals surface area (Å²) in [7, 11) is 3.24. The molecule has 2 aromatic rings. The third-order valence-corrected chi connectivity index (χ3v) is 4.70. The summed E-state index contributed by atoms with van der Waals surface area (Å²) in [6.07, 6.45) is 0.976. The van der Waals surface area contributed by atoms with Crippen LogP contribution in [0, 0.1) is 0 Å². The first-order valence-corrected chi connectivity index (χ1v) is 9.78. The molecule has 0 heterocycles. The molecule has 2 aromatic carbocycles. The van der Waals surface area contributed by atoms with E-state index in [0.29, 0.717) is 19.7 Å². The van der Waals surface area contributed by atoms with Gasteiger partial charge in [-0.3, -0.25) is 9.59 Å². The molecule has 0 saturated heterocycles. The monoisotopic (exact) mass is 398 g/mol. The van der Waals surface area contributed by atoms with Gasteiger partial charge in [0, 0.05) is 26.8 Å². The SMILES string of the molecule is COCCCNC(=O)C(C)N(Cc1ccc(OC)cc1)C(=O)Cc1ccccc1. The molecule has 6 nitrogen and oxygen atoms in total. The maximum atomic E-state index is 13.1. The molecule has 2 rings (SSSR count). The van der Waals surface area contributed by atoms with Crippen LogP contribution < -0.4 is 10.1 Å². The number of amides is 2. The summed E-state index contributed by atoms with van der Waals surface area (Å²) in [6.45, 7) is 3.21. The van der Waals surface area contributed by atoms with Crippen molar-refractivity contribution in [1.82, 2.24) is 10.2 Å². The number of carbonyl (C=O) groups excluding carboxylic acids is 2. The van der Waals surface area contributed by atoms with Gasteiger partial charge in [-0.25, -0.2) is 0 Å². The molecule has 1 N–H and O–H groups in total. The van der Waals surface area contributed by atoms with Gasteiger partial charge in [-0.1, -0.05) is 42.5 Å². The lowest BCUT2D eigenvalue weighted by Gasteiger charge is -2.29. The fraction of sp³-hybridized carbons (Fsp3) is 0.391. The van der Waals surface area contributed by atoms with E-state index in [9.17, 15) is 9.59 Å². The molecule has 2 amide bonds. The molecule has 0 aliphatic rings. The van der Waals surface area contributed by atoms with Crippen LogP contribution in [-0.4, -0.2) is 50.1 Å². The summed E-state index contributed by atoms with van der Waals surface area (Å²) in [5.74, 6) is 0.488. The number of methoxy groups -OCH3 is 2. The summed E-state index contributed by atoms with van der Waals surface area (Å²) in [5.41, 5.74) is 1.86. The van der Waals surface area contributed by atoms with E-state index in [4.69, 9.17) is 9.47 Å². The van der Waals surface area contributed by atoms with Crippen LogP contribution in [0.5, 0.6) is 5.75 Å². The third kappa shape index (κ3) is 7.23. The van der Waals surface area contributed by atoms with Gasteiger partial charge in [0.15, 0.2) is 0 Å². The molecule has 0 aromatic heterocycles. The first-order chi connectivity index (χ1) is 14.0. The molecule has 156 valence electrons. The maximum absolute atomic E-state index is 13.1. The number of rotatable bonds is 11. The van der Waals surface area contributed by atoms with Gasteiger partial charge in [0.1, 0.15) is 11.8 Å². The molecule has 29 heavy (non-hydrogen) atoms. The number of ether oxygens (including phenoxy) is 2. The van der Waals surface area contributed by atoms with E-state index < -0.39 is 6.04 Å². The Balaban J connectivity index is 2.12. The third-order valence-electron chi connectivity index (χ3n) is 4.70. The number of hydrogen-bond acceptors (Lipinski definition) is 4. The smallest absolute Gasteiger partial charge is 0.242 e. The normalized spacial score (nSPS) is 11.6. The minimum atomic E-state index is -0.587. The Morgan fingerprint density at radius 3 is 2.31 bits per heavy atom. The van der Waals surface area contributed by atoms with Gasteiger partial charge in [0.25, 0.3) is 0 Å². The molecule has 0 spiro atoms. The Morgan fingerprint density at radius 1 is 1.00 bits per heavy atom. The average Bonchev–Trinajstić information content (AvgIpc) is 2.75. The van der Waals surface area contributed by atoms with Crippen LogP contribution in [0.1, 0.15) is 24.5 Å². The minimum Gasteiger partial charge on any atom is -0.497 e. The summed E-state index contributed by atoms with van der Waals surface area (Å²) >= 11 is 0. The standard InChI is InChI=1S/C23H30N2O4/c1-18(23(27)24-14-7-15-28-2)25(17-20-10-12-21(29-3)13-11-20)22(26)16-19-8-5-4-6-9-19/h4-6,8-13,18H,7,14-17H2,1-3H3,(H,24,27). The molecule has 0 radical (unpaired) electrons. The lowest BCUT2D eigenvalue weighted by Crippen LogP contribution is -2.48. The molecule has 1 unspecified atom stereocenters. The average molecular weight is 399 g/mol. The summed E-state index contributed by atoms with van der Waals surface area (Å²) in [5, 5.41) is 2.89. The highest BCUT2D eigenvalue weighted by atomic mass is 16.5. The zero-order valence-electron chi connectivity index (χ0n) is 17.4. The van der Waals surface area contributed by atoms with Gasteiger partial charge >= 0.3 is 0 Å². The van der Waals surface area contributed by atoms with Gasteiger partial charge in [0.2, 0.25) is 11.8 Å². The quantitative estimate of drug-likeness (QED) is 0.591. The number of nitrogens with one attached hydrogen (secondary N) is 1. The van der Waals surface area contributed by atoms with Crippen molar-refractivity contribution in [1.29, 1.82) is 0 Å². The number of benzene rings is 2. The summed E-state index contributed by atoms with van der Waals surface area (Å²) in [4.78, 5) is 27.3. The Morgan fingerprint density at radius 2 is 1.69 bits per heavy atom. The van der Waals surface area contributed by atoms with Crippen LogP contribution in [0.2, 0.25) is 0 Å². The van der Waals surface area contributed by atoms with Crippen LogP contribution in [-0.2, 0) is 27.3 Å². The van der Waals surface area contributed by atoms with E-state index in [-0.39, 0.29) is 18.2 Å². The Labute approximate surface area is 172 Å². The first-order valence-electron chi connectivity index (χ1n) is 9.78. The highest BCUT2D eigenvalue weighted by Gasteiger charge is 2.26. The number of nitrogens with zero attached hydrogens (tertiary/aromatic N) is 1. The number of hydrogen-bond donors (Lipinski definition) is 1. The van der Waals surface area contributed by atoms with Crippen molar-refractivity contribution in [3.05, 3.63) is 65.7 Å². The topological polar surface area (TPSA) is 67.9 Å². The van der Waals surface area contributed by atoms with Gasteiger partial charge < -0.3 is 19.7 Å². The van der Waals surface area contributed by atoms with Crippen LogP contribution in [0.3, 0.4) is 0 Å². The van der Waals surface area contributed by atoms with Gasteiger partial charge in [-0.15, -0.1) is 0 Å². The highest BCUT2D eigenvalue weighted by Crippen LogP contribution is 2.16. The van der Waals surface area contributed by atoms with Crippen LogP contribution >= 0.6 is 0 Å². The first kappa shape index (κ1) is 22.4. The fourth-order valence-corrected chi connectivity index (χ4v) is 2.96. The summed E-state index contributed by atoms with van der Waals surface area (Å²) < 4.78 is 10.2. The molecule has 0 fully saturated rings. The van der Waals surface area contributed by atoms with Gasteiger partial charge in [-0.2, -0.15) is 0 Å². The zero-order chi connectivity index (χ0) is 21.1. The highest BCUT2D eigenvalue weighted by molar-refractivity contribution is 5.88. The van der Waals surface area contributed by atoms with Crippen LogP contribution in [0.4, 0.5) is 0 Å². The van der Waals surface area contributed by atoms with Gasteiger partial charge in [0.05, 0.1) is 13.5 Å². The van der Waals surface area contributed by atoms with Crippen molar-refractivity contribution in [3.63, 3.8) is 0 Å². The molecule has 0 aliphatic heterocycles. The molecule has 1 atom stereocenters. The van der Waals surface area contributed by atoms with Crippen LogP contribution in [0.15, 0.2) is 54.6 Å². The van der Waals surface area contributed by atoms with E-state index in [2.05, 4.69) is 5.32 Å². The maximum Gasteiger partial charge on any atom is 0.242 e. The zero-order valence-corrected chi connectivity index (χ0v) is 17.4. The van der Waals surface area contributed by atoms with E-state index in [1.807, 2.05) is 54.6 Å². The van der Waals surface area contributed by atoms with Crippen LogP contribution in [0.25, 0.3) is 0 Å². The second-order valence-corrected chi connectivity index (χ2v) is 6.85. The predicted octanol–water partition coefficient (Wildman–Crippen LogP) is 2.81. The minimum absolute atomic E-state index is 0.0911. The Kier molecular flexibility index (Phi) is 9.18. The van der Waals surface area contributed by atoms with Crippen molar-refractivity contribution >= 4 is 11.8 Å². The lowest BCUT2D eigenvalue weighted by molar-refractivity contribution is -0.140. The van der Waals surface area contributed by atoms with E-state index in [0.717, 1.165) is 23.3 Å². The second kappa shape index (κ2) is 11.9. The largest absolute Gasteiger partial charge is 0.497 e. The summed E-state index contributed by atoms with van der Waals surface area (Å²) in [6, 6.07) is 16.5. The van der Waals surface area contributed by atoms with Crippen molar-refractivity contribution in [2.45, 2.75) is 32.4 Å². The molecule has 6 heteroatoms. The van der Waals surface area contributed by atoms with Crippen molar-refractivity contribution in [3.8, 4) is 5.75 Å². The molecule has 0 aliphatic carbocycles.